The van der Waals surface area contributed by atoms with E-state index >= 15 is 0 Å². The molecule has 0 aromatic heterocycles. The van der Waals surface area contributed by atoms with E-state index in [2.05, 4.69) is 0 Å². The topological polar surface area (TPSA) is 190 Å². The molecule has 238 valence electrons. The molecule has 4 amide bonds. The molecule has 2 saturated heterocycles. The standard InChI is InChI=1S/C33H26N4O10/c1-47-20-10-13-26(38)24(14-20)27-21-11-12-22-28(32(41)34(30(22)39)16-2-6-18(7-3-16)36(43)44)23(21)15-25-29(27)33(42)35(31(25)40)17-4-8-19(9-5-17)37(45)46/h2-11,13-14,22-23,25,27-29,38H,12,15H2,1H3. The van der Waals surface area contributed by atoms with E-state index in [0.29, 0.717) is 16.9 Å². The number of nitro groups is 2. The molecule has 2 aliphatic heterocycles. The molecule has 0 spiro atoms. The monoisotopic (exact) mass is 638 g/mol. The van der Waals surface area contributed by atoms with Gasteiger partial charge in [-0.15, -0.1) is 0 Å². The van der Waals surface area contributed by atoms with Crippen molar-refractivity contribution in [3.8, 4) is 11.5 Å². The fourth-order valence-corrected chi connectivity index (χ4v) is 7.80. The summed E-state index contributed by atoms with van der Waals surface area (Å²) in [6.45, 7) is 0. The maximum absolute atomic E-state index is 14.2. The van der Waals surface area contributed by atoms with Gasteiger partial charge in [0.2, 0.25) is 23.6 Å². The van der Waals surface area contributed by atoms with Gasteiger partial charge < -0.3 is 9.84 Å². The fourth-order valence-electron chi connectivity index (χ4n) is 7.80. The number of fused-ring (bicyclic) bond motifs is 4. The third kappa shape index (κ3) is 4.47. The molecule has 0 bridgehead atoms. The predicted octanol–water partition coefficient (Wildman–Crippen LogP) is 4.26. The van der Waals surface area contributed by atoms with Crippen molar-refractivity contribution >= 4 is 46.4 Å². The van der Waals surface area contributed by atoms with Gasteiger partial charge in [-0.2, -0.15) is 0 Å². The number of nitro benzene ring substituents is 2. The first-order chi connectivity index (χ1) is 22.5. The van der Waals surface area contributed by atoms with Crippen LogP contribution in [0.15, 0.2) is 78.4 Å². The highest BCUT2D eigenvalue weighted by molar-refractivity contribution is 6.24. The molecule has 2 aliphatic carbocycles. The second-order valence-electron chi connectivity index (χ2n) is 12.0. The third-order valence-electron chi connectivity index (χ3n) is 9.86. The van der Waals surface area contributed by atoms with E-state index in [4.69, 9.17) is 4.74 Å². The number of hydrogen-bond acceptors (Lipinski definition) is 10. The van der Waals surface area contributed by atoms with Crippen molar-refractivity contribution in [3.05, 3.63) is 104 Å². The van der Waals surface area contributed by atoms with Crippen LogP contribution in [-0.4, -0.2) is 45.7 Å². The minimum Gasteiger partial charge on any atom is -0.508 e. The number of ether oxygens (including phenoxy) is 1. The van der Waals surface area contributed by atoms with Gasteiger partial charge in [-0.3, -0.25) is 49.2 Å². The van der Waals surface area contributed by atoms with E-state index in [1.165, 1.54) is 61.7 Å². The van der Waals surface area contributed by atoms with E-state index in [1.807, 2.05) is 6.08 Å². The lowest BCUT2D eigenvalue weighted by Gasteiger charge is -2.44. The van der Waals surface area contributed by atoms with Crippen LogP contribution in [0.2, 0.25) is 0 Å². The summed E-state index contributed by atoms with van der Waals surface area (Å²) in [5.41, 5.74) is 0.900. The summed E-state index contributed by atoms with van der Waals surface area (Å²) in [6.07, 6.45) is 2.06. The Balaban J connectivity index is 1.32. The summed E-state index contributed by atoms with van der Waals surface area (Å²) in [5.74, 6) is -6.91. The maximum Gasteiger partial charge on any atom is 0.269 e. The summed E-state index contributed by atoms with van der Waals surface area (Å²) in [7, 11) is 1.45. The molecule has 14 nitrogen and oxygen atoms in total. The summed E-state index contributed by atoms with van der Waals surface area (Å²) in [6, 6.07) is 14.7. The Labute approximate surface area is 266 Å². The van der Waals surface area contributed by atoms with Crippen LogP contribution in [0.3, 0.4) is 0 Å². The van der Waals surface area contributed by atoms with Gasteiger partial charge in [0.1, 0.15) is 11.5 Å². The third-order valence-corrected chi connectivity index (χ3v) is 9.86. The van der Waals surface area contributed by atoms with Gasteiger partial charge in [0, 0.05) is 35.7 Å². The molecule has 3 aromatic carbocycles. The molecule has 2 heterocycles. The highest BCUT2D eigenvalue weighted by Crippen LogP contribution is 2.59. The number of benzene rings is 3. The number of non-ortho nitro benzene ring substituents is 2. The number of phenolic OH excluding ortho intramolecular Hbond substituents is 1. The molecular weight excluding hydrogens is 612 g/mol. The molecule has 6 unspecified atom stereocenters. The number of aromatic hydroxyl groups is 1. The number of anilines is 2. The van der Waals surface area contributed by atoms with Crippen LogP contribution in [0.5, 0.6) is 11.5 Å². The average Bonchev–Trinajstić information content (AvgIpc) is 3.47. The second kappa shape index (κ2) is 10.9. The Morgan fingerprint density at radius 2 is 1.26 bits per heavy atom. The van der Waals surface area contributed by atoms with Gasteiger partial charge in [0.25, 0.3) is 11.4 Å². The second-order valence-corrected chi connectivity index (χ2v) is 12.0. The van der Waals surface area contributed by atoms with E-state index in [-0.39, 0.29) is 41.3 Å². The largest absolute Gasteiger partial charge is 0.508 e. The molecule has 3 fully saturated rings. The van der Waals surface area contributed by atoms with Crippen LogP contribution in [0.4, 0.5) is 22.7 Å². The van der Waals surface area contributed by atoms with Gasteiger partial charge in [0.05, 0.1) is 52.0 Å². The maximum atomic E-state index is 14.2. The minimum absolute atomic E-state index is 0.0695. The minimum atomic E-state index is -0.979. The first-order valence-corrected chi connectivity index (χ1v) is 14.8. The van der Waals surface area contributed by atoms with Gasteiger partial charge in [-0.05, 0) is 61.2 Å². The Morgan fingerprint density at radius 3 is 1.79 bits per heavy atom. The number of phenols is 1. The molecule has 7 rings (SSSR count). The Morgan fingerprint density at radius 1 is 0.723 bits per heavy atom. The molecule has 4 aliphatic rings. The molecule has 6 atom stereocenters. The first-order valence-electron chi connectivity index (χ1n) is 14.8. The zero-order chi connectivity index (χ0) is 33.3. The Hall–Kier alpha value is -5.92. The van der Waals surface area contributed by atoms with Crippen molar-refractivity contribution in [2.75, 3.05) is 16.9 Å². The van der Waals surface area contributed by atoms with Crippen LogP contribution in [0.1, 0.15) is 24.3 Å². The first kappa shape index (κ1) is 29.8. The van der Waals surface area contributed by atoms with Crippen LogP contribution < -0.4 is 14.5 Å². The molecule has 1 saturated carbocycles. The van der Waals surface area contributed by atoms with Crippen molar-refractivity contribution in [1.29, 1.82) is 0 Å². The highest BCUT2D eigenvalue weighted by atomic mass is 16.6. The average molecular weight is 639 g/mol. The highest BCUT2D eigenvalue weighted by Gasteiger charge is 2.62. The number of carbonyl (C=O) groups is 4. The van der Waals surface area contributed by atoms with Crippen LogP contribution >= 0.6 is 0 Å². The van der Waals surface area contributed by atoms with Gasteiger partial charge in [-0.1, -0.05) is 11.6 Å². The van der Waals surface area contributed by atoms with E-state index < -0.39 is 69.0 Å². The van der Waals surface area contributed by atoms with Crippen molar-refractivity contribution in [2.45, 2.75) is 18.8 Å². The van der Waals surface area contributed by atoms with Crippen LogP contribution in [0, 0.1) is 49.8 Å². The van der Waals surface area contributed by atoms with E-state index in [1.54, 1.807) is 12.1 Å². The number of rotatable bonds is 6. The summed E-state index contributed by atoms with van der Waals surface area (Å²) < 4.78 is 5.41. The smallest absolute Gasteiger partial charge is 0.269 e. The fraction of sp³-hybridized carbons (Fsp3) is 0.273. The molecular formula is C33H26N4O10. The van der Waals surface area contributed by atoms with Gasteiger partial charge >= 0.3 is 0 Å². The van der Waals surface area contributed by atoms with Gasteiger partial charge in [0.15, 0.2) is 0 Å². The van der Waals surface area contributed by atoms with Crippen LogP contribution in [-0.2, 0) is 19.2 Å². The summed E-state index contributed by atoms with van der Waals surface area (Å²) in [5, 5.41) is 33.5. The molecule has 14 heteroatoms. The van der Waals surface area contributed by atoms with Crippen molar-refractivity contribution in [1.82, 2.24) is 0 Å². The van der Waals surface area contributed by atoms with Crippen molar-refractivity contribution < 1.29 is 38.9 Å². The molecule has 3 aromatic rings. The zero-order valence-electron chi connectivity index (χ0n) is 24.7. The predicted molar refractivity (Wildman–Crippen MR) is 163 cm³/mol. The Bertz CT molecular complexity index is 1920. The lowest BCUT2D eigenvalue weighted by Crippen LogP contribution is -2.43. The van der Waals surface area contributed by atoms with E-state index in [9.17, 15) is 44.5 Å². The van der Waals surface area contributed by atoms with Crippen LogP contribution in [0.25, 0.3) is 0 Å². The van der Waals surface area contributed by atoms with E-state index in [0.717, 1.165) is 9.80 Å². The number of carbonyl (C=O) groups excluding carboxylic acids is 4. The molecule has 1 N–H and O–H groups in total. The number of hydrogen-bond donors (Lipinski definition) is 1. The molecule has 47 heavy (non-hydrogen) atoms. The quantitative estimate of drug-likeness (QED) is 0.177. The lowest BCUT2D eigenvalue weighted by atomic mass is 9.57. The van der Waals surface area contributed by atoms with Crippen molar-refractivity contribution in [2.24, 2.45) is 29.6 Å². The van der Waals surface area contributed by atoms with Gasteiger partial charge in [-0.25, -0.2) is 0 Å². The number of allylic oxidation sites excluding steroid dienone is 2. The summed E-state index contributed by atoms with van der Waals surface area (Å²) in [4.78, 5) is 79.4. The molecule has 0 radical (unpaired) electrons. The zero-order valence-corrected chi connectivity index (χ0v) is 24.7. The number of imide groups is 2. The number of methoxy groups -OCH3 is 1. The normalized spacial score (nSPS) is 26.4. The lowest BCUT2D eigenvalue weighted by molar-refractivity contribution is -0.385. The Kier molecular flexibility index (Phi) is 6.88. The van der Waals surface area contributed by atoms with Crippen molar-refractivity contribution in [3.63, 3.8) is 0 Å². The summed E-state index contributed by atoms with van der Waals surface area (Å²) >= 11 is 0. The number of amides is 4. The SMILES string of the molecule is COc1ccc(O)c(C2C3=CCC4C(=O)N(c5ccc([N+](=O)[O-])cc5)C(=O)C4C3CC3C(=O)N(c4ccc([N+](=O)[O-])cc4)C(=O)C32)c1. The number of nitrogens with zero attached hydrogens (tertiary/aromatic N) is 4.